The van der Waals surface area contributed by atoms with E-state index in [0.29, 0.717) is 5.56 Å². The number of carbonyl (C=O) groups excluding carboxylic acids is 2. The molecule has 0 radical (unpaired) electrons. The molecule has 28 heavy (non-hydrogen) atoms. The average molecular weight is 385 g/mol. The van der Waals surface area contributed by atoms with Crippen molar-refractivity contribution >= 4 is 35.0 Å². The maximum Gasteiger partial charge on any atom is 0.331 e. The molecule has 2 aromatic rings. The second-order valence-corrected chi connectivity index (χ2v) is 5.56. The lowest BCUT2D eigenvalue weighted by Crippen LogP contribution is -2.29. The molecule has 0 aliphatic carbocycles. The molecule has 0 saturated carbocycles. The van der Waals surface area contributed by atoms with Gasteiger partial charge in [0.25, 0.3) is 17.3 Å². The van der Waals surface area contributed by atoms with Crippen molar-refractivity contribution in [3.05, 3.63) is 80.4 Å². The molecule has 0 aromatic heterocycles. The number of nitro groups is 2. The van der Waals surface area contributed by atoms with Crippen LogP contribution in [0.5, 0.6) is 0 Å². The van der Waals surface area contributed by atoms with Crippen LogP contribution in [0, 0.1) is 20.2 Å². The summed E-state index contributed by atoms with van der Waals surface area (Å²) in [5, 5.41) is 23.8. The molecular formula is C18H15N3O7. The summed E-state index contributed by atoms with van der Waals surface area (Å²) in [6.07, 6.45) is 1.32. The summed E-state index contributed by atoms with van der Waals surface area (Å²) in [5.41, 5.74) is 0.472. The van der Waals surface area contributed by atoms with E-state index in [-0.39, 0.29) is 17.1 Å². The van der Waals surface area contributed by atoms with Gasteiger partial charge in [-0.05, 0) is 36.8 Å². The Bertz CT molecular complexity index is 938. The number of rotatable bonds is 7. The molecule has 0 aliphatic rings. The van der Waals surface area contributed by atoms with Crippen LogP contribution in [-0.4, -0.2) is 27.8 Å². The highest BCUT2D eigenvalue weighted by molar-refractivity contribution is 5.96. The van der Waals surface area contributed by atoms with Gasteiger partial charge >= 0.3 is 5.97 Å². The van der Waals surface area contributed by atoms with E-state index in [1.807, 2.05) is 0 Å². The number of hydrogen-bond donors (Lipinski definition) is 1. The van der Waals surface area contributed by atoms with Gasteiger partial charge in [0.05, 0.1) is 9.85 Å². The Labute approximate surface area is 158 Å². The molecular weight excluding hydrogens is 370 g/mol. The molecule has 10 heteroatoms. The third-order valence-electron chi connectivity index (χ3n) is 3.50. The predicted octanol–water partition coefficient (Wildman–Crippen LogP) is 3.09. The molecule has 10 nitrogen and oxygen atoms in total. The molecule has 1 N–H and O–H groups in total. The quantitative estimate of drug-likeness (QED) is 0.334. The molecule has 2 aromatic carbocycles. The number of nitrogens with one attached hydrogen (secondary N) is 1. The van der Waals surface area contributed by atoms with Gasteiger partial charge in [-0.1, -0.05) is 6.07 Å². The number of amides is 1. The van der Waals surface area contributed by atoms with Crippen molar-refractivity contribution in [2.45, 2.75) is 13.0 Å². The summed E-state index contributed by atoms with van der Waals surface area (Å²) in [6, 6.07) is 10.8. The first-order chi connectivity index (χ1) is 13.3. The number of carbonyl (C=O) groups is 2. The van der Waals surface area contributed by atoms with Gasteiger partial charge in [-0.25, -0.2) is 4.79 Å². The van der Waals surface area contributed by atoms with Crippen LogP contribution in [0.3, 0.4) is 0 Å². The number of benzene rings is 2. The second-order valence-electron chi connectivity index (χ2n) is 5.56. The summed E-state index contributed by atoms with van der Waals surface area (Å²) in [4.78, 5) is 44.1. The minimum atomic E-state index is -1.15. The number of nitro benzene ring substituents is 2. The van der Waals surface area contributed by atoms with E-state index in [1.165, 1.54) is 61.5 Å². The summed E-state index contributed by atoms with van der Waals surface area (Å²) >= 11 is 0. The van der Waals surface area contributed by atoms with Crippen molar-refractivity contribution in [2.75, 3.05) is 5.32 Å². The van der Waals surface area contributed by atoms with Crippen molar-refractivity contribution in [1.29, 1.82) is 0 Å². The van der Waals surface area contributed by atoms with E-state index in [0.717, 1.165) is 6.08 Å². The molecule has 0 heterocycles. The van der Waals surface area contributed by atoms with Gasteiger partial charge in [0.2, 0.25) is 0 Å². The number of non-ortho nitro benzene ring substituents is 2. The van der Waals surface area contributed by atoms with Gasteiger partial charge in [-0.2, -0.15) is 0 Å². The highest BCUT2D eigenvalue weighted by Gasteiger charge is 2.17. The zero-order valence-corrected chi connectivity index (χ0v) is 14.6. The van der Waals surface area contributed by atoms with Crippen LogP contribution in [0.25, 0.3) is 6.08 Å². The van der Waals surface area contributed by atoms with Gasteiger partial charge in [-0.3, -0.25) is 25.0 Å². The highest BCUT2D eigenvalue weighted by Crippen LogP contribution is 2.17. The summed E-state index contributed by atoms with van der Waals surface area (Å²) in [7, 11) is 0. The normalized spacial score (nSPS) is 11.6. The van der Waals surface area contributed by atoms with Gasteiger partial charge in [0.1, 0.15) is 0 Å². The standard InChI is InChI=1S/C18H15N3O7/c1-12(18(23)19-14-3-2-4-16(11-14)21(26)27)28-17(22)10-7-13-5-8-15(9-6-13)20(24)25/h2-12H,1H3,(H,19,23)/b10-7+. The molecule has 2 rings (SSSR count). The van der Waals surface area contributed by atoms with Crippen molar-refractivity contribution in [3.63, 3.8) is 0 Å². The van der Waals surface area contributed by atoms with Crippen molar-refractivity contribution in [2.24, 2.45) is 0 Å². The van der Waals surface area contributed by atoms with Gasteiger partial charge in [-0.15, -0.1) is 0 Å². The number of anilines is 1. The van der Waals surface area contributed by atoms with Crippen LogP contribution in [0.15, 0.2) is 54.6 Å². The van der Waals surface area contributed by atoms with Crippen LogP contribution in [-0.2, 0) is 14.3 Å². The molecule has 0 spiro atoms. The predicted molar refractivity (Wildman–Crippen MR) is 99.4 cm³/mol. The third-order valence-corrected chi connectivity index (χ3v) is 3.50. The monoisotopic (exact) mass is 385 g/mol. The third kappa shape index (κ3) is 5.73. The van der Waals surface area contributed by atoms with E-state index >= 15 is 0 Å². The van der Waals surface area contributed by atoms with E-state index in [9.17, 15) is 29.8 Å². The molecule has 0 saturated heterocycles. The van der Waals surface area contributed by atoms with E-state index in [1.54, 1.807) is 0 Å². The Morgan fingerprint density at radius 1 is 1.04 bits per heavy atom. The van der Waals surface area contributed by atoms with Crippen molar-refractivity contribution in [3.8, 4) is 0 Å². The Morgan fingerprint density at radius 2 is 1.68 bits per heavy atom. The lowest BCUT2D eigenvalue weighted by Gasteiger charge is -2.12. The van der Waals surface area contributed by atoms with Gasteiger partial charge in [0.15, 0.2) is 6.10 Å². The van der Waals surface area contributed by atoms with E-state index in [4.69, 9.17) is 4.74 Å². The largest absolute Gasteiger partial charge is 0.449 e. The van der Waals surface area contributed by atoms with Crippen LogP contribution in [0.2, 0.25) is 0 Å². The molecule has 1 amide bonds. The summed E-state index contributed by atoms with van der Waals surface area (Å²) in [5.74, 6) is -1.45. The maximum atomic E-state index is 12.1. The van der Waals surface area contributed by atoms with Crippen molar-refractivity contribution < 1.29 is 24.2 Å². The first-order valence-electron chi connectivity index (χ1n) is 7.95. The van der Waals surface area contributed by atoms with E-state index < -0.39 is 27.8 Å². The number of nitrogens with zero attached hydrogens (tertiary/aromatic N) is 2. The Morgan fingerprint density at radius 3 is 2.29 bits per heavy atom. The van der Waals surface area contributed by atoms with Gasteiger partial charge < -0.3 is 10.1 Å². The number of ether oxygens (including phenoxy) is 1. The van der Waals surface area contributed by atoms with Crippen LogP contribution < -0.4 is 5.32 Å². The van der Waals surface area contributed by atoms with Crippen molar-refractivity contribution in [1.82, 2.24) is 0 Å². The molecule has 144 valence electrons. The molecule has 0 aliphatic heterocycles. The first kappa shape index (κ1) is 20.2. The molecule has 1 atom stereocenters. The fourth-order valence-corrected chi connectivity index (χ4v) is 2.08. The molecule has 0 fully saturated rings. The van der Waals surface area contributed by atoms with Gasteiger partial charge in [0, 0.05) is 36.0 Å². The topological polar surface area (TPSA) is 142 Å². The Kier molecular flexibility index (Phi) is 6.53. The second kappa shape index (κ2) is 9.03. The maximum absolute atomic E-state index is 12.1. The lowest BCUT2D eigenvalue weighted by atomic mass is 10.2. The highest BCUT2D eigenvalue weighted by atomic mass is 16.6. The SMILES string of the molecule is CC(OC(=O)/C=C/c1ccc([N+](=O)[O-])cc1)C(=O)Nc1cccc([N+](=O)[O-])c1. The summed E-state index contributed by atoms with van der Waals surface area (Å²) < 4.78 is 4.97. The molecule has 0 bridgehead atoms. The Hall–Kier alpha value is -4.08. The first-order valence-corrected chi connectivity index (χ1v) is 7.95. The van der Waals surface area contributed by atoms with E-state index in [2.05, 4.69) is 5.32 Å². The summed E-state index contributed by atoms with van der Waals surface area (Å²) in [6.45, 7) is 1.35. The fourth-order valence-electron chi connectivity index (χ4n) is 2.08. The Balaban J connectivity index is 1.92. The smallest absolute Gasteiger partial charge is 0.331 e. The number of esters is 1. The minimum absolute atomic E-state index is 0.0776. The number of hydrogen-bond acceptors (Lipinski definition) is 7. The fraction of sp³-hybridized carbons (Fsp3) is 0.111. The average Bonchev–Trinajstić information content (AvgIpc) is 2.66. The lowest BCUT2D eigenvalue weighted by molar-refractivity contribution is -0.385. The van der Waals surface area contributed by atoms with Crippen LogP contribution in [0.1, 0.15) is 12.5 Å². The zero-order chi connectivity index (χ0) is 20.7. The van der Waals surface area contributed by atoms with Crippen LogP contribution >= 0.6 is 0 Å². The minimum Gasteiger partial charge on any atom is -0.449 e. The zero-order valence-electron chi connectivity index (χ0n) is 14.6. The van der Waals surface area contributed by atoms with Crippen LogP contribution in [0.4, 0.5) is 17.1 Å². The molecule has 1 unspecified atom stereocenters.